The van der Waals surface area contributed by atoms with Crippen LogP contribution in [0.5, 0.6) is 0 Å². The van der Waals surface area contributed by atoms with Gasteiger partial charge in [0.1, 0.15) is 0 Å². The molecule has 1 heterocycles. The van der Waals surface area contributed by atoms with Gasteiger partial charge in [-0.25, -0.2) is 4.79 Å². The number of nitrogens with one attached hydrogen (secondary N) is 3. The van der Waals surface area contributed by atoms with Gasteiger partial charge in [-0.2, -0.15) is 0 Å². The van der Waals surface area contributed by atoms with Crippen LogP contribution in [0.2, 0.25) is 0 Å². The Morgan fingerprint density at radius 2 is 2.33 bits per heavy atom. The van der Waals surface area contributed by atoms with Crippen LogP contribution in [0.15, 0.2) is 0 Å². The van der Waals surface area contributed by atoms with Gasteiger partial charge in [0.15, 0.2) is 0 Å². The second-order valence-electron chi connectivity index (χ2n) is 3.39. The molecule has 6 heteroatoms. The second-order valence-corrected chi connectivity index (χ2v) is 3.39. The summed E-state index contributed by atoms with van der Waals surface area (Å²) in [6.45, 7) is 3.58. The normalized spacial score (nSPS) is 15.3. The van der Waals surface area contributed by atoms with Crippen LogP contribution in [0, 0.1) is 0 Å². The van der Waals surface area contributed by atoms with E-state index in [0.717, 1.165) is 19.6 Å². The molecule has 0 aliphatic carbocycles. The molecule has 0 bridgehead atoms. The molecule has 6 nitrogen and oxygen atoms in total. The molecular formula is C9H18N4O2. The largest absolute Gasteiger partial charge is 0.359 e. The third-order valence-corrected chi connectivity index (χ3v) is 2.31. The van der Waals surface area contributed by atoms with Crippen molar-refractivity contribution in [3.63, 3.8) is 0 Å². The molecule has 1 saturated heterocycles. The molecule has 15 heavy (non-hydrogen) atoms. The van der Waals surface area contributed by atoms with Gasteiger partial charge in [0.2, 0.25) is 5.91 Å². The monoisotopic (exact) mass is 214 g/mol. The summed E-state index contributed by atoms with van der Waals surface area (Å²) >= 11 is 0. The quantitative estimate of drug-likeness (QED) is 0.483. The fourth-order valence-corrected chi connectivity index (χ4v) is 1.39. The summed E-state index contributed by atoms with van der Waals surface area (Å²) in [6.07, 6.45) is 0.475. The lowest BCUT2D eigenvalue weighted by atomic mass is 10.4. The lowest BCUT2D eigenvalue weighted by Gasteiger charge is -2.13. The summed E-state index contributed by atoms with van der Waals surface area (Å²) in [7, 11) is 1.62. The molecule has 0 unspecified atom stereocenters. The van der Waals surface area contributed by atoms with Crippen LogP contribution in [0.25, 0.3) is 0 Å². The van der Waals surface area contributed by atoms with Gasteiger partial charge in [0.25, 0.3) is 0 Å². The average Bonchev–Trinajstić information content (AvgIpc) is 2.63. The van der Waals surface area contributed by atoms with E-state index in [0.29, 0.717) is 19.5 Å². The maximum absolute atomic E-state index is 11.1. The van der Waals surface area contributed by atoms with E-state index in [1.807, 2.05) is 0 Å². The highest BCUT2D eigenvalue weighted by molar-refractivity contribution is 5.76. The third kappa shape index (κ3) is 4.16. The summed E-state index contributed by atoms with van der Waals surface area (Å²) in [5.41, 5.74) is 0. The first-order chi connectivity index (χ1) is 7.24. The van der Waals surface area contributed by atoms with E-state index in [1.54, 1.807) is 11.9 Å². The molecule has 0 aromatic carbocycles. The molecule has 1 rings (SSSR count). The number of carbonyl (C=O) groups is 2. The van der Waals surface area contributed by atoms with Gasteiger partial charge in [-0.15, -0.1) is 0 Å². The van der Waals surface area contributed by atoms with Crippen molar-refractivity contribution >= 4 is 11.9 Å². The van der Waals surface area contributed by atoms with E-state index < -0.39 is 0 Å². The van der Waals surface area contributed by atoms with Gasteiger partial charge < -0.3 is 20.9 Å². The molecule has 1 aliphatic heterocycles. The number of rotatable bonds is 6. The summed E-state index contributed by atoms with van der Waals surface area (Å²) in [6, 6.07) is 0.00287. The summed E-state index contributed by atoms with van der Waals surface area (Å²) in [5, 5.41) is 8.40. The molecule has 1 fully saturated rings. The van der Waals surface area contributed by atoms with E-state index in [2.05, 4.69) is 16.0 Å². The van der Waals surface area contributed by atoms with Crippen molar-refractivity contribution in [1.82, 2.24) is 20.9 Å². The van der Waals surface area contributed by atoms with E-state index in [4.69, 9.17) is 0 Å². The van der Waals surface area contributed by atoms with Crippen molar-refractivity contribution in [3.05, 3.63) is 0 Å². The molecule has 0 radical (unpaired) electrons. The standard InChI is InChI=1S/C9H18N4O2/c1-10-8(14)2-3-11-4-6-13-7-5-12-9(13)15/h11H,2-7H2,1H3,(H,10,14)(H,12,15). The topological polar surface area (TPSA) is 73.5 Å². The lowest BCUT2D eigenvalue weighted by Crippen LogP contribution is -2.35. The molecule has 0 atom stereocenters. The fraction of sp³-hybridized carbons (Fsp3) is 0.778. The van der Waals surface area contributed by atoms with Crippen molar-refractivity contribution in [2.24, 2.45) is 0 Å². The number of carbonyl (C=O) groups excluding carboxylic acids is 2. The van der Waals surface area contributed by atoms with Crippen molar-refractivity contribution < 1.29 is 9.59 Å². The number of amides is 3. The fourth-order valence-electron chi connectivity index (χ4n) is 1.39. The Labute approximate surface area is 89.4 Å². The van der Waals surface area contributed by atoms with Crippen LogP contribution < -0.4 is 16.0 Å². The zero-order chi connectivity index (χ0) is 11.1. The van der Waals surface area contributed by atoms with Crippen LogP contribution in [0.3, 0.4) is 0 Å². The minimum atomic E-state index is 0.00287. The van der Waals surface area contributed by atoms with Crippen molar-refractivity contribution in [2.45, 2.75) is 6.42 Å². The van der Waals surface area contributed by atoms with Crippen molar-refractivity contribution in [1.29, 1.82) is 0 Å². The molecule has 1 aliphatic rings. The molecule has 0 spiro atoms. The molecule has 3 amide bonds. The Morgan fingerprint density at radius 1 is 1.53 bits per heavy atom. The van der Waals surface area contributed by atoms with Crippen LogP contribution in [-0.2, 0) is 4.79 Å². The number of hydrogen-bond acceptors (Lipinski definition) is 3. The van der Waals surface area contributed by atoms with E-state index in [-0.39, 0.29) is 11.9 Å². The number of urea groups is 1. The zero-order valence-electron chi connectivity index (χ0n) is 9.01. The Balaban J connectivity index is 1.97. The number of nitrogens with zero attached hydrogens (tertiary/aromatic N) is 1. The average molecular weight is 214 g/mol. The maximum Gasteiger partial charge on any atom is 0.317 e. The second kappa shape index (κ2) is 6.23. The molecular weight excluding hydrogens is 196 g/mol. The molecule has 0 saturated carbocycles. The van der Waals surface area contributed by atoms with Crippen LogP contribution in [0.1, 0.15) is 6.42 Å². The summed E-state index contributed by atoms with van der Waals surface area (Å²) in [5.74, 6) is 0.0291. The SMILES string of the molecule is CNC(=O)CCNCCN1CCNC1=O. The first-order valence-corrected chi connectivity index (χ1v) is 5.18. The number of hydrogen-bond donors (Lipinski definition) is 3. The summed E-state index contributed by atoms with van der Waals surface area (Å²) < 4.78 is 0. The lowest BCUT2D eigenvalue weighted by molar-refractivity contribution is -0.120. The van der Waals surface area contributed by atoms with Gasteiger partial charge in [-0.05, 0) is 0 Å². The van der Waals surface area contributed by atoms with Crippen LogP contribution >= 0.6 is 0 Å². The molecule has 86 valence electrons. The van der Waals surface area contributed by atoms with E-state index in [9.17, 15) is 9.59 Å². The molecule has 3 N–H and O–H groups in total. The highest BCUT2D eigenvalue weighted by Crippen LogP contribution is 1.94. The van der Waals surface area contributed by atoms with Crippen molar-refractivity contribution in [3.8, 4) is 0 Å². The minimum absolute atomic E-state index is 0.00287. The highest BCUT2D eigenvalue weighted by Gasteiger charge is 2.17. The Morgan fingerprint density at radius 3 is 2.93 bits per heavy atom. The van der Waals surface area contributed by atoms with E-state index in [1.165, 1.54) is 0 Å². The minimum Gasteiger partial charge on any atom is -0.359 e. The third-order valence-electron chi connectivity index (χ3n) is 2.31. The van der Waals surface area contributed by atoms with Crippen LogP contribution in [0.4, 0.5) is 4.79 Å². The van der Waals surface area contributed by atoms with Crippen molar-refractivity contribution in [2.75, 3.05) is 39.8 Å². The summed E-state index contributed by atoms with van der Waals surface area (Å²) in [4.78, 5) is 23.7. The van der Waals surface area contributed by atoms with Gasteiger partial charge >= 0.3 is 6.03 Å². The van der Waals surface area contributed by atoms with Gasteiger partial charge in [-0.1, -0.05) is 0 Å². The first-order valence-electron chi connectivity index (χ1n) is 5.18. The zero-order valence-corrected chi connectivity index (χ0v) is 9.01. The van der Waals surface area contributed by atoms with Gasteiger partial charge in [0.05, 0.1) is 0 Å². The van der Waals surface area contributed by atoms with Gasteiger partial charge in [-0.3, -0.25) is 4.79 Å². The Kier molecular flexibility index (Phi) is 4.89. The smallest absolute Gasteiger partial charge is 0.317 e. The predicted octanol–water partition coefficient (Wildman–Crippen LogP) is -1.26. The highest BCUT2D eigenvalue weighted by atomic mass is 16.2. The Bertz CT molecular complexity index is 232. The molecule has 0 aromatic heterocycles. The van der Waals surface area contributed by atoms with Gasteiger partial charge in [0, 0.05) is 46.2 Å². The first kappa shape index (κ1) is 11.8. The van der Waals surface area contributed by atoms with E-state index >= 15 is 0 Å². The maximum atomic E-state index is 11.1. The molecule has 0 aromatic rings. The predicted molar refractivity (Wildman–Crippen MR) is 56.5 cm³/mol. The van der Waals surface area contributed by atoms with Crippen LogP contribution in [-0.4, -0.2) is 56.6 Å². The Hall–Kier alpha value is -1.30.